The summed E-state index contributed by atoms with van der Waals surface area (Å²) in [5.74, 6) is 0.562. The molecule has 1 aromatic carbocycles. The second-order valence-electron chi connectivity index (χ2n) is 8.91. The summed E-state index contributed by atoms with van der Waals surface area (Å²) >= 11 is 0. The van der Waals surface area contributed by atoms with Crippen molar-refractivity contribution in [2.45, 2.75) is 44.2 Å². The van der Waals surface area contributed by atoms with Gasteiger partial charge >= 0.3 is 6.03 Å². The van der Waals surface area contributed by atoms with Gasteiger partial charge in [0.25, 0.3) is 0 Å². The zero-order chi connectivity index (χ0) is 22.5. The molecule has 172 valence electrons. The molecule has 1 aliphatic heterocycles. The molecule has 2 aliphatic rings. The smallest absolute Gasteiger partial charge is 0.320 e. The standard InChI is InChI=1S/C23H31FN6O2/c1-29-11-10-21(28-29)27-23(32)26-20-5-3-2-4-17(20)13-30-14-19(25-22(31)15-30)12-16-6-8-18(24)9-7-16/h6-11,17,19-20H,2-5,12-15H2,1H3,(H,25,31)(H2,26,27,28,32)/t17-,19-,20+/m0/s1. The minimum absolute atomic E-state index is 0.0100. The fourth-order valence-electron chi connectivity index (χ4n) is 4.81. The lowest BCUT2D eigenvalue weighted by molar-refractivity contribution is -0.125. The first-order valence-corrected chi connectivity index (χ1v) is 11.3. The van der Waals surface area contributed by atoms with Crippen LogP contribution in [0.5, 0.6) is 0 Å². The summed E-state index contributed by atoms with van der Waals surface area (Å²) in [5, 5.41) is 13.2. The number of anilines is 1. The molecule has 2 heterocycles. The van der Waals surface area contributed by atoms with E-state index in [0.717, 1.165) is 44.3 Å². The van der Waals surface area contributed by atoms with Gasteiger partial charge in [0, 0.05) is 44.5 Å². The maximum Gasteiger partial charge on any atom is 0.320 e. The molecule has 1 saturated heterocycles. The van der Waals surface area contributed by atoms with Gasteiger partial charge in [-0.15, -0.1) is 0 Å². The molecule has 8 nitrogen and oxygen atoms in total. The summed E-state index contributed by atoms with van der Waals surface area (Å²) < 4.78 is 14.8. The fourth-order valence-corrected chi connectivity index (χ4v) is 4.81. The molecule has 9 heteroatoms. The van der Waals surface area contributed by atoms with Crippen molar-refractivity contribution in [3.63, 3.8) is 0 Å². The van der Waals surface area contributed by atoms with Gasteiger partial charge in [0.05, 0.1) is 6.54 Å². The average molecular weight is 443 g/mol. The number of aryl methyl sites for hydroxylation is 1. The summed E-state index contributed by atoms with van der Waals surface area (Å²) in [6, 6.07) is 8.00. The van der Waals surface area contributed by atoms with Gasteiger partial charge < -0.3 is 10.6 Å². The summed E-state index contributed by atoms with van der Waals surface area (Å²) in [6.45, 7) is 1.87. The lowest BCUT2D eigenvalue weighted by atomic mass is 9.84. The van der Waals surface area contributed by atoms with E-state index < -0.39 is 0 Å². The first-order chi connectivity index (χ1) is 15.4. The van der Waals surface area contributed by atoms with Crippen LogP contribution in [0.25, 0.3) is 0 Å². The number of halogens is 1. The molecular formula is C23H31FN6O2. The van der Waals surface area contributed by atoms with E-state index in [1.165, 1.54) is 12.1 Å². The second kappa shape index (κ2) is 10.1. The average Bonchev–Trinajstić information content (AvgIpc) is 3.15. The Labute approximate surface area is 187 Å². The number of hydrogen-bond acceptors (Lipinski definition) is 4. The van der Waals surface area contributed by atoms with Gasteiger partial charge in [-0.1, -0.05) is 25.0 Å². The lowest BCUT2D eigenvalue weighted by Gasteiger charge is -2.39. The number of carbonyl (C=O) groups is 2. The SMILES string of the molecule is Cn1ccc(NC(=O)N[C@@H]2CCCC[C@H]2CN2CC(=O)N[C@@H](Cc3ccc(F)cc3)C2)n1. The number of amides is 3. The van der Waals surface area contributed by atoms with Crippen LogP contribution in [0, 0.1) is 11.7 Å². The summed E-state index contributed by atoms with van der Waals surface area (Å²) in [7, 11) is 1.80. The van der Waals surface area contributed by atoms with E-state index in [9.17, 15) is 14.0 Å². The van der Waals surface area contributed by atoms with Crippen LogP contribution in [0.4, 0.5) is 15.0 Å². The van der Waals surface area contributed by atoms with Crippen LogP contribution in [-0.4, -0.2) is 58.3 Å². The van der Waals surface area contributed by atoms with E-state index in [2.05, 4.69) is 25.9 Å². The highest BCUT2D eigenvalue weighted by Crippen LogP contribution is 2.26. The van der Waals surface area contributed by atoms with Crippen molar-refractivity contribution in [3.8, 4) is 0 Å². The molecule has 32 heavy (non-hydrogen) atoms. The van der Waals surface area contributed by atoms with Gasteiger partial charge in [-0.05, 0) is 42.9 Å². The van der Waals surface area contributed by atoms with Crippen LogP contribution in [0.1, 0.15) is 31.2 Å². The molecule has 4 rings (SSSR count). The number of piperazine rings is 1. The minimum Gasteiger partial charge on any atom is -0.351 e. The largest absolute Gasteiger partial charge is 0.351 e. The fraction of sp³-hybridized carbons (Fsp3) is 0.522. The van der Waals surface area contributed by atoms with E-state index >= 15 is 0 Å². The summed E-state index contributed by atoms with van der Waals surface area (Å²) in [6.07, 6.45) is 6.61. The van der Waals surface area contributed by atoms with Crippen LogP contribution in [0.3, 0.4) is 0 Å². The summed E-state index contributed by atoms with van der Waals surface area (Å²) in [4.78, 5) is 27.0. The molecule has 0 spiro atoms. The Kier molecular flexibility index (Phi) is 7.04. The van der Waals surface area contributed by atoms with Crippen LogP contribution in [0.2, 0.25) is 0 Å². The first-order valence-electron chi connectivity index (χ1n) is 11.3. The Bertz CT molecular complexity index is 931. The van der Waals surface area contributed by atoms with Crippen molar-refractivity contribution in [2.24, 2.45) is 13.0 Å². The van der Waals surface area contributed by atoms with Crippen molar-refractivity contribution in [3.05, 3.63) is 47.9 Å². The van der Waals surface area contributed by atoms with Crippen molar-refractivity contribution in [1.29, 1.82) is 0 Å². The molecule has 3 N–H and O–H groups in total. The number of benzene rings is 1. The predicted molar refractivity (Wildman–Crippen MR) is 120 cm³/mol. The Morgan fingerprint density at radius 3 is 2.75 bits per heavy atom. The molecule has 2 fully saturated rings. The van der Waals surface area contributed by atoms with Crippen molar-refractivity contribution >= 4 is 17.8 Å². The Balaban J connectivity index is 1.33. The van der Waals surface area contributed by atoms with Crippen LogP contribution in [-0.2, 0) is 18.3 Å². The third-order valence-corrected chi connectivity index (χ3v) is 6.28. The molecular weight excluding hydrogens is 411 g/mol. The predicted octanol–water partition coefficient (Wildman–Crippen LogP) is 2.28. The molecule has 3 amide bonds. The third-order valence-electron chi connectivity index (χ3n) is 6.28. The zero-order valence-corrected chi connectivity index (χ0v) is 18.4. The van der Waals surface area contributed by atoms with E-state index in [4.69, 9.17) is 0 Å². The summed E-state index contributed by atoms with van der Waals surface area (Å²) in [5.41, 5.74) is 1.00. The number of nitrogens with one attached hydrogen (secondary N) is 3. The van der Waals surface area contributed by atoms with Gasteiger partial charge in [-0.2, -0.15) is 5.10 Å². The molecule has 2 aromatic rings. The number of aromatic nitrogens is 2. The third kappa shape index (κ3) is 6.06. The Morgan fingerprint density at radius 1 is 1.22 bits per heavy atom. The highest BCUT2D eigenvalue weighted by molar-refractivity contribution is 5.88. The minimum atomic E-state index is -0.258. The van der Waals surface area contributed by atoms with Crippen LogP contribution < -0.4 is 16.0 Å². The molecule has 1 saturated carbocycles. The molecule has 0 bridgehead atoms. The number of rotatable bonds is 6. The normalized spacial score (nSPS) is 24.1. The monoisotopic (exact) mass is 442 g/mol. The Hall–Kier alpha value is -2.94. The molecule has 3 atom stereocenters. The first kappa shape index (κ1) is 22.3. The highest BCUT2D eigenvalue weighted by atomic mass is 19.1. The van der Waals surface area contributed by atoms with E-state index in [1.807, 2.05) is 0 Å². The number of urea groups is 1. The van der Waals surface area contributed by atoms with Gasteiger partial charge in [-0.25, -0.2) is 9.18 Å². The van der Waals surface area contributed by atoms with Gasteiger partial charge in [-0.3, -0.25) is 19.7 Å². The van der Waals surface area contributed by atoms with Gasteiger partial charge in [0.1, 0.15) is 5.82 Å². The van der Waals surface area contributed by atoms with E-state index in [1.54, 1.807) is 36.1 Å². The second-order valence-corrected chi connectivity index (χ2v) is 8.91. The molecule has 1 aliphatic carbocycles. The molecule has 1 aromatic heterocycles. The van der Waals surface area contributed by atoms with Crippen LogP contribution >= 0.6 is 0 Å². The van der Waals surface area contributed by atoms with E-state index in [0.29, 0.717) is 18.8 Å². The van der Waals surface area contributed by atoms with Crippen LogP contribution in [0.15, 0.2) is 36.5 Å². The zero-order valence-electron chi connectivity index (χ0n) is 18.4. The Morgan fingerprint density at radius 2 is 2.00 bits per heavy atom. The quantitative estimate of drug-likeness (QED) is 0.640. The topological polar surface area (TPSA) is 91.3 Å². The molecule has 0 unspecified atom stereocenters. The van der Waals surface area contributed by atoms with E-state index in [-0.39, 0.29) is 35.8 Å². The van der Waals surface area contributed by atoms with Gasteiger partial charge in [0.2, 0.25) is 5.91 Å². The number of carbonyl (C=O) groups excluding carboxylic acids is 2. The van der Waals surface area contributed by atoms with Crippen molar-refractivity contribution in [1.82, 2.24) is 25.3 Å². The number of hydrogen-bond donors (Lipinski definition) is 3. The highest BCUT2D eigenvalue weighted by Gasteiger charge is 2.32. The molecule has 0 radical (unpaired) electrons. The van der Waals surface area contributed by atoms with Crippen molar-refractivity contribution in [2.75, 3.05) is 25.0 Å². The maximum atomic E-state index is 13.2. The lowest BCUT2D eigenvalue weighted by Crippen LogP contribution is -2.57. The van der Waals surface area contributed by atoms with Crippen molar-refractivity contribution < 1.29 is 14.0 Å². The van der Waals surface area contributed by atoms with Gasteiger partial charge in [0.15, 0.2) is 5.82 Å². The maximum absolute atomic E-state index is 13.2. The number of nitrogens with zero attached hydrogens (tertiary/aromatic N) is 3.